The van der Waals surface area contributed by atoms with E-state index in [1.807, 2.05) is 0 Å². The van der Waals surface area contributed by atoms with Crippen LogP contribution in [0.2, 0.25) is 0 Å². The number of hydrogen-bond donors (Lipinski definition) is 3. The standard InChI is InChI=1S/C4H9N3O4.ClH/c1-5-3(8)10-7-11-4(9)6-2;/h7H,1-2H3,(H,5,8)(H,6,9);1H. The van der Waals surface area contributed by atoms with Gasteiger partial charge in [0.15, 0.2) is 0 Å². The Kier molecular flexibility index (Phi) is 8.80. The van der Waals surface area contributed by atoms with Crippen molar-refractivity contribution in [3.63, 3.8) is 0 Å². The Balaban J connectivity index is 0. The van der Waals surface area contributed by atoms with Gasteiger partial charge in [-0.15, -0.1) is 12.4 Å². The van der Waals surface area contributed by atoms with Gasteiger partial charge < -0.3 is 20.3 Å². The van der Waals surface area contributed by atoms with Crippen LogP contribution in [-0.4, -0.2) is 26.3 Å². The molecule has 12 heavy (non-hydrogen) atoms. The highest BCUT2D eigenvalue weighted by Crippen LogP contribution is 1.72. The topological polar surface area (TPSA) is 88.7 Å². The maximum Gasteiger partial charge on any atom is 0.428 e. The quantitative estimate of drug-likeness (QED) is 0.524. The van der Waals surface area contributed by atoms with Crippen molar-refractivity contribution in [2.75, 3.05) is 14.1 Å². The number of nitrogens with one attached hydrogen (secondary N) is 3. The van der Waals surface area contributed by atoms with Crippen LogP contribution in [0.5, 0.6) is 0 Å². The number of amides is 2. The molecule has 0 aliphatic carbocycles. The lowest BCUT2D eigenvalue weighted by molar-refractivity contribution is -0.0839. The largest absolute Gasteiger partial charge is 0.428 e. The molecule has 0 heterocycles. The molecule has 7 nitrogen and oxygen atoms in total. The van der Waals surface area contributed by atoms with Crippen LogP contribution in [0, 0.1) is 0 Å². The summed E-state index contributed by atoms with van der Waals surface area (Å²) < 4.78 is 0. The first kappa shape index (κ1) is 13.4. The molecule has 8 heteroatoms. The van der Waals surface area contributed by atoms with E-state index in [9.17, 15) is 9.59 Å². The Morgan fingerprint density at radius 2 is 1.33 bits per heavy atom. The van der Waals surface area contributed by atoms with Crippen LogP contribution in [0.15, 0.2) is 0 Å². The van der Waals surface area contributed by atoms with E-state index in [4.69, 9.17) is 0 Å². The van der Waals surface area contributed by atoms with Gasteiger partial charge in [-0.25, -0.2) is 9.59 Å². The second-order valence-corrected chi connectivity index (χ2v) is 1.36. The summed E-state index contributed by atoms with van der Waals surface area (Å²) in [4.78, 5) is 28.7. The summed E-state index contributed by atoms with van der Waals surface area (Å²) in [6, 6.07) is 0. The second-order valence-electron chi connectivity index (χ2n) is 1.36. The van der Waals surface area contributed by atoms with Crippen LogP contribution in [0.25, 0.3) is 0 Å². The number of carbonyl (C=O) groups is 2. The number of halogens is 1. The molecule has 2 amide bonds. The van der Waals surface area contributed by atoms with Crippen molar-refractivity contribution in [1.82, 2.24) is 16.3 Å². The van der Waals surface area contributed by atoms with Gasteiger partial charge in [-0.2, -0.15) is 0 Å². The summed E-state index contributed by atoms with van der Waals surface area (Å²) in [5.74, 6) is 0. The van der Waals surface area contributed by atoms with E-state index >= 15 is 0 Å². The van der Waals surface area contributed by atoms with Gasteiger partial charge >= 0.3 is 12.2 Å². The fourth-order valence-corrected chi connectivity index (χ4v) is 0.199. The van der Waals surface area contributed by atoms with Crippen LogP contribution in [-0.2, 0) is 9.68 Å². The molecule has 0 rings (SSSR count). The van der Waals surface area contributed by atoms with Crippen LogP contribution in [0.4, 0.5) is 9.59 Å². The van der Waals surface area contributed by atoms with Crippen LogP contribution in [0.1, 0.15) is 0 Å². The van der Waals surface area contributed by atoms with Crippen molar-refractivity contribution in [3.8, 4) is 0 Å². The van der Waals surface area contributed by atoms with Gasteiger partial charge in [-0.3, -0.25) is 0 Å². The van der Waals surface area contributed by atoms with Crippen molar-refractivity contribution in [3.05, 3.63) is 0 Å². The molecule has 0 aromatic rings. The number of rotatable bonds is 2. The Labute approximate surface area is 75.1 Å². The molecule has 0 fully saturated rings. The zero-order valence-corrected chi connectivity index (χ0v) is 7.36. The molecule has 0 aliphatic rings. The highest BCUT2D eigenvalue weighted by Gasteiger charge is 1.99. The first-order valence-corrected chi connectivity index (χ1v) is 2.72. The van der Waals surface area contributed by atoms with E-state index in [2.05, 4.69) is 20.3 Å². The normalized spacial score (nSPS) is 7.50. The Hall–Kier alpha value is -1.21. The molecule has 72 valence electrons. The second kappa shape index (κ2) is 7.89. The monoisotopic (exact) mass is 199 g/mol. The van der Waals surface area contributed by atoms with Crippen molar-refractivity contribution in [1.29, 1.82) is 0 Å². The molecule has 0 spiro atoms. The fraction of sp³-hybridized carbons (Fsp3) is 0.500. The highest BCUT2D eigenvalue weighted by molar-refractivity contribution is 5.85. The maximum atomic E-state index is 10.3. The van der Waals surface area contributed by atoms with E-state index in [0.717, 1.165) is 0 Å². The minimum atomic E-state index is -0.756. The number of carbonyl (C=O) groups excluding carboxylic acids is 2. The predicted molar refractivity (Wildman–Crippen MR) is 41.5 cm³/mol. The molecule has 0 saturated carbocycles. The average Bonchev–Trinajstić information content (AvgIpc) is 2.04. The highest BCUT2D eigenvalue weighted by atomic mass is 35.5. The van der Waals surface area contributed by atoms with Crippen LogP contribution in [0.3, 0.4) is 0 Å². The summed E-state index contributed by atoms with van der Waals surface area (Å²) >= 11 is 0. The SMILES string of the molecule is CNC(=O)ONOC(=O)NC.Cl. The van der Waals surface area contributed by atoms with Gasteiger partial charge in [-0.05, 0) is 0 Å². The summed E-state index contributed by atoms with van der Waals surface area (Å²) in [5, 5.41) is 4.24. The van der Waals surface area contributed by atoms with Gasteiger partial charge in [0.25, 0.3) is 0 Å². The third-order valence-electron chi connectivity index (χ3n) is 0.677. The molecular weight excluding hydrogens is 190 g/mol. The Morgan fingerprint density at radius 3 is 1.58 bits per heavy atom. The summed E-state index contributed by atoms with van der Waals surface area (Å²) in [6.07, 6.45) is -1.51. The summed E-state index contributed by atoms with van der Waals surface area (Å²) in [7, 11) is 2.73. The molecule has 0 bridgehead atoms. The predicted octanol–water partition coefficient (Wildman–Crippen LogP) is -0.460. The zero-order valence-electron chi connectivity index (χ0n) is 6.54. The van der Waals surface area contributed by atoms with E-state index in [1.165, 1.54) is 14.1 Å². The maximum absolute atomic E-state index is 10.3. The van der Waals surface area contributed by atoms with Crippen LogP contribution >= 0.6 is 12.4 Å². The van der Waals surface area contributed by atoms with Crippen molar-refractivity contribution in [2.45, 2.75) is 0 Å². The van der Waals surface area contributed by atoms with E-state index < -0.39 is 12.2 Å². The lowest BCUT2D eigenvalue weighted by atomic mass is 11.1. The molecule has 0 aromatic heterocycles. The van der Waals surface area contributed by atoms with E-state index in [1.54, 1.807) is 5.64 Å². The molecular formula is C4H10ClN3O4. The van der Waals surface area contributed by atoms with Gasteiger partial charge in [0.2, 0.25) is 0 Å². The third-order valence-corrected chi connectivity index (χ3v) is 0.677. The Morgan fingerprint density at radius 1 is 1.00 bits per heavy atom. The molecule has 0 unspecified atom stereocenters. The average molecular weight is 200 g/mol. The first-order chi connectivity index (χ1) is 5.20. The lowest BCUT2D eigenvalue weighted by Crippen LogP contribution is -2.32. The Bertz CT molecular complexity index is 137. The van der Waals surface area contributed by atoms with Gasteiger partial charge in [0, 0.05) is 19.7 Å². The molecule has 0 radical (unpaired) electrons. The molecule has 3 N–H and O–H groups in total. The smallest absolute Gasteiger partial charge is 0.323 e. The fourth-order valence-electron chi connectivity index (χ4n) is 0.199. The van der Waals surface area contributed by atoms with Crippen molar-refractivity contribution >= 4 is 24.6 Å². The summed E-state index contributed by atoms with van der Waals surface area (Å²) in [5.41, 5.74) is 1.66. The van der Waals surface area contributed by atoms with Gasteiger partial charge in [0.05, 0.1) is 0 Å². The van der Waals surface area contributed by atoms with Crippen molar-refractivity contribution < 1.29 is 19.3 Å². The number of hydrogen-bond acceptors (Lipinski definition) is 5. The van der Waals surface area contributed by atoms with E-state index in [0.29, 0.717) is 0 Å². The molecule has 0 aromatic carbocycles. The molecule has 0 saturated heterocycles. The zero-order chi connectivity index (χ0) is 8.69. The summed E-state index contributed by atoms with van der Waals surface area (Å²) in [6.45, 7) is 0. The van der Waals surface area contributed by atoms with Crippen molar-refractivity contribution in [2.24, 2.45) is 0 Å². The first-order valence-electron chi connectivity index (χ1n) is 2.72. The van der Waals surface area contributed by atoms with Crippen LogP contribution < -0.4 is 16.3 Å². The van der Waals surface area contributed by atoms with Gasteiger partial charge in [0.1, 0.15) is 0 Å². The lowest BCUT2D eigenvalue weighted by Gasteiger charge is -2.03. The minimum Gasteiger partial charge on any atom is -0.323 e. The minimum absolute atomic E-state index is 0. The van der Waals surface area contributed by atoms with E-state index in [-0.39, 0.29) is 12.4 Å². The third kappa shape index (κ3) is 6.90. The molecule has 0 atom stereocenters. The van der Waals surface area contributed by atoms with Gasteiger partial charge in [-0.1, -0.05) is 0 Å². The molecule has 0 aliphatic heterocycles.